The van der Waals surface area contributed by atoms with Crippen LogP contribution in [0.15, 0.2) is 12.4 Å². The molecule has 0 radical (unpaired) electrons. The normalized spacial score (nSPS) is 18.6. The molecular formula is C11H18N4O. The fraction of sp³-hybridized carbons (Fsp3) is 0.636. The van der Waals surface area contributed by atoms with Gasteiger partial charge in [-0.15, -0.1) is 0 Å². The first-order chi connectivity index (χ1) is 7.76. The zero-order chi connectivity index (χ0) is 11.4. The van der Waals surface area contributed by atoms with Gasteiger partial charge in [0.1, 0.15) is 0 Å². The third kappa shape index (κ3) is 2.24. The van der Waals surface area contributed by atoms with Crippen molar-refractivity contribution in [3.8, 4) is 0 Å². The number of nitrogens with one attached hydrogen (secondary N) is 1. The molecule has 88 valence electrons. The average Bonchev–Trinajstić information content (AvgIpc) is 2.78. The summed E-state index contributed by atoms with van der Waals surface area (Å²) in [5.41, 5.74) is 5.70. The SMILES string of the molecule is Nc1nccnc1NCC1(CO)CCCC1. The number of aliphatic hydroxyl groups excluding tert-OH is 1. The number of nitrogen functional groups attached to an aromatic ring is 1. The molecule has 1 aromatic rings. The maximum atomic E-state index is 9.46. The number of anilines is 2. The molecule has 1 aliphatic rings. The van der Waals surface area contributed by atoms with Crippen molar-refractivity contribution in [3.63, 3.8) is 0 Å². The summed E-state index contributed by atoms with van der Waals surface area (Å²) in [5, 5.41) is 12.6. The smallest absolute Gasteiger partial charge is 0.168 e. The van der Waals surface area contributed by atoms with Gasteiger partial charge in [0.2, 0.25) is 0 Å². The molecule has 0 unspecified atom stereocenters. The minimum atomic E-state index is 0.00393. The van der Waals surface area contributed by atoms with Gasteiger partial charge in [-0.05, 0) is 12.8 Å². The van der Waals surface area contributed by atoms with Gasteiger partial charge >= 0.3 is 0 Å². The van der Waals surface area contributed by atoms with Crippen LogP contribution in [0.25, 0.3) is 0 Å². The Morgan fingerprint density at radius 3 is 2.62 bits per heavy atom. The summed E-state index contributed by atoms with van der Waals surface area (Å²) < 4.78 is 0. The van der Waals surface area contributed by atoms with Gasteiger partial charge in [0.05, 0.1) is 6.61 Å². The predicted octanol–water partition coefficient (Wildman–Crippen LogP) is 1.02. The van der Waals surface area contributed by atoms with Crippen LogP contribution in [0.2, 0.25) is 0 Å². The number of nitrogens with two attached hydrogens (primary N) is 1. The van der Waals surface area contributed by atoms with E-state index in [1.807, 2.05) is 0 Å². The number of nitrogens with zero attached hydrogens (tertiary/aromatic N) is 2. The van der Waals surface area contributed by atoms with Crippen LogP contribution in [-0.2, 0) is 0 Å². The van der Waals surface area contributed by atoms with Gasteiger partial charge in [0.15, 0.2) is 11.6 Å². The van der Waals surface area contributed by atoms with E-state index in [2.05, 4.69) is 15.3 Å². The van der Waals surface area contributed by atoms with Gasteiger partial charge in [0, 0.05) is 24.4 Å². The lowest BCUT2D eigenvalue weighted by Crippen LogP contribution is -2.31. The molecule has 1 heterocycles. The van der Waals surface area contributed by atoms with Crippen LogP contribution in [0.4, 0.5) is 11.6 Å². The Kier molecular flexibility index (Phi) is 3.24. The molecule has 4 N–H and O–H groups in total. The first-order valence-corrected chi connectivity index (χ1v) is 5.67. The van der Waals surface area contributed by atoms with E-state index in [9.17, 15) is 5.11 Å². The Morgan fingerprint density at radius 2 is 2.00 bits per heavy atom. The standard InChI is InChI=1S/C11H18N4O/c12-9-10(14-6-5-13-9)15-7-11(8-16)3-1-2-4-11/h5-6,16H,1-4,7-8H2,(H2,12,13)(H,14,15). The Hall–Kier alpha value is -1.36. The van der Waals surface area contributed by atoms with Crippen molar-refractivity contribution in [2.45, 2.75) is 25.7 Å². The zero-order valence-corrected chi connectivity index (χ0v) is 9.32. The third-order valence-corrected chi connectivity index (χ3v) is 3.36. The molecule has 1 saturated carbocycles. The molecule has 0 spiro atoms. The van der Waals surface area contributed by atoms with Crippen molar-refractivity contribution in [1.82, 2.24) is 9.97 Å². The molecule has 0 aromatic carbocycles. The van der Waals surface area contributed by atoms with Crippen molar-refractivity contribution >= 4 is 11.6 Å². The number of aliphatic hydroxyl groups is 1. The van der Waals surface area contributed by atoms with Gasteiger partial charge in [-0.1, -0.05) is 12.8 Å². The molecule has 2 rings (SSSR count). The molecule has 1 aliphatic carbocycles. The summed E-state index contributed by atoms with van der Waals surface area (Å²) >= 11 is 0. The zero-order valence-electron chi connectivity index (χ0n) is 9.32. The largest absolute Gasteiger partial charge is 0.396 e. The van der Waals surface area contributed by atoms with E-state index >= 15 is 0 Å². The number of rotatable bonds is 4. The molecule has 0 amide bonds. The van der Waals surface area contributed by atoms with Crippen LogP contribution in [0.5, 0.6) is 0 Å². The molecule has 0 bridgehead atoms. The molecule has 1 aromatic heterocycles. The number of aromatic nitrogens is 2. The van der Waals surface area contributed by atoms with E-state index in [-0.39, 0.29) is 12.0 Å². The van der Waals surface area contributed by atoms with E-state index in [4.69, 9.17) is 5.73 Å². The van der Waals surface area contributed by atoms with Crippen LogP contribution in [-0.4, -0.2) is 28.2 Å². The topological polar surface area (TPSA) is 84.1 Å². The highest BCUT2D eigenvalue weighted by Gasteiger charge is 2.33. The van der Waals surface area contributed by atoms with Crippen molar-refractivity contribution in [2.75, 3.05) is 24.2 Å². The van der Waals surface area contributed by atoms with Crippen molar-refractivity contribution in [3.05, 3.63) is 12.4 Å². The van der Waals surface area contributed by atoms with Gasteiger partial charge in [-0.25, -0.2) is 9.97 Å². The second kappa shape index (κ2) is 4.65. The molecular weight excluding hydrogens is 204 g/mol. The fourth-order valence-electron chi connectivity index (χ4n) is 2.27. The summed E-state index contributed by atoms with van der Waals surface area (Å²) in [7, 11) is 0. The average molecular weight is 222 g/mol. The summed E-state index contributed by atoms with van der Waals surface area (Å²) in [4.78, 5) is 8.09. The van der Waals surface area contributed by atoms with Gasteiger partial charge in [-0.3, -0.25) is 0 Å². The van der Waals surface area contributed by atoms with Gasteiger partial charge in [0.25, 0.3) is 0 Å². The highest BCUT2D eigenvalue weighted by atomic mass is 16.3. The molecule has 1 fully saturated rings. The summed E-state index contributed by atoms with van der Waals surface area (Å²) in [5.74, 6) is 1.02. The molecule has 0 aliphatic heterocycles. The van der Waals surface area contributed by atoms with E-state index < -0.39 is 0 Å². The predicted molar refractivity (Wildman–Crippen MR) is 62.9 cm³/mol. The van der Waals surface area contributed by atoms with E-state index in [0.29, 0.717) is 18.2 Å². The Bertz CT molecular complexity index is 350. The lowest BCUT2D eigenvalue weighted by Gasteiger charge is -2.26. The molecule has 5 nitrogen and oxygen atoms in total. The minimum Gasteiger partial charge on any atom is -0.396 e. The maximum Gasteiger partial charge on any atom is 0.168 e. The first kappa shape index (κ1) is 11.1. The fourth-order valence-corrected chi connectivity index (χ4v) is 2.27. The summed E-state index contributed by atoms with van der Waals surface area (Å²) in [6, 6.07) is 0. The lowest BCUT2D eigenvalue weighted by atomic mass is 9.87. The highest BCUT2D eigenvalue weighted by Crippen LogP contribution is 2.37. The highest BCUT2D eigenvalue weighted by molar-refractivity contribution is 5.54. The molecule has 16 heavy (non-hydrogen) atoms. The second-order valence-corrected chi connectivity index (χ2v) is 4.51. The lowest BCUT2D eigenvalue weighted by molar-refractivity contribution is 0.142. The van der Waals surface area contributed by atoms with Crippen LogP contribution in [0, 0.1) is 5.41 Å². The Morgan fingerprint density at radius 1 is 1.31 bits per heavy atom. The van der Waals surface area contributed by atoms with Crippen molar-refractivity contribution in [1.29, 1.82) is 0 Å². The van der Waals surface area contributed by atoms with E-state index in [1.165, 1.54) is 12.8 Å². The van der Waals surface area contributed by atoms with Crippen molar-refractivity contribution in [2.24, 2.45) is 5.41 Å². The van der Waals surface area contributed by atoms with Crippen LogP contribution in [0.1, 0.15) is 25.7 Å². The summed E-state index contributed by atoms with van der Waals surface area (Å²) in [6.07, 6.45) is 7.70. The van der Waals surface area contributed by atoms with Gasteiger partial charge < -0.3 is 16.2 Å². The number of hydrogen-bond acceptors (Lipinski definition) is 5. The molecule has 5 heteroatoms. The van der Waals surface area contributed by atoms with Crippen LogP contribution >= 0.6 is 0 Å². The Balaban J connectivity index is 1.98. The maximum absolute atomic E-state index is 9.46. The van der Waals surface area contributed by atoms with Crippen LogP contribution in [0.3, 0.4) is 0 Å². The van der Waals surface area contributed by atoms with E-state index in [1.54, 1.807) is 12.4 Å². The monoisotopic (exact) mass is 222 g/mol. The molecule has 0 atom stereocenters. The Labute approximate surface area is 95.1 Å². The van der Waals surface area contributed by atoms with E-state index in [0.717, 1.165) is 12.8 Å². The third-order valence-electron chi connectivity index (χ3n) is 3.36. The van der Waals surface area contributed by atoms with Gasteiger partial charge in [-0.2, -0.15) is 0 Å². The van der Waals surface area contributed by atoms with Crippen LogP contribution < -0.4 is 11.1 Å². The van der Waals surface area contributed by atoms with Crippen molar-refractivity contribution < 1.29 is 5.11 Å². The first-order valence-electron chi connectivity index (χ1n) is 5.67. The molecule has 0 saturated heterocycles. The minimum absolute atomic E-state index is 0.00393. The second-order valence-electron chi connectivity index (χ2n) is 4.51. The summed E-state index contributed by atoms with van der Waals surface area (Å²) in [6.45, 7) is 0.937. The number of hydrogen-bond donors (Lipinski definition) is 3. The quantitative estimate of drug-likeness (QED) is 0.708.